The summed E-state index contributed by atoms with van der Waals surface area (Å²) in [6, 6.07) is 10.3. The molecule has 4 heteroatoms. The van der Waals surface area contributed by atoms with Crippen molar-refractivity contribution < 1.29 is 9.84 Å². The van der Waals surface area contributed by atoms with E-state index in [0.717, 1.165) is 24.9 Å². The molecule has 0 aliphatic carbocycles. The number of ether oxygens (including phenoxy) is 1. The quantitative estimate of drug-likeness (QED) is 0.853. The largest absolute Gasteiger partial charge is 0.505 e. The van der Waals surface area contributed by atoms with Gasteiger partial charge in [0.25, 0.3) is 0 Å². The zero-order valence-corrected chi connectivity index (χ0v) is 10.2. The van der Waals surface area contributed by atoms with Crippen molar-refractivity contribution in [2.45, 2.75) is 31.5 Å². The van der Waals surface area contributed by atoms with Gasteiger partial charge in [-0.05, 0) is 18.4 Å². The third-order valence-corrected chi connectivity index (χ3v) is 3.63. The molecule has 2 atom stereocenters. The van der Waals surface area contributed by atoms with Gasteiger partial charge in [-0.2, -0.15) is 0 Å². The first kappa shape index (κ1) is 11.4. The summed E-state index contributed by atoms with van der Waals surface area (Å²) in [5.41, 5.74) is 7.03. The van der Waals surface area contributed by atoms with E-state index in [0.29, 0.717) is 18.2 Å². The second-order valence-electron chi connectivity index (χ2n) is 4.97. The minimum Gasteiger partial charge on any atom is -0.505 e. The van der Waals surface area contributed by atoms with E-state index in [1.165, 1.54) is 0 Å². The number of nitrogens with two attached hydrogens (primary N) is 1. The Kier molecular flexibility index (Phi) is 2.88. The third-order valence-electron chi connectivity index (χ3n) is 3.63. The number of piperidine rings is 1. The lowest BCUT2D eigenvalue weighted by Gasteiger charge is -2.47. The zero-order valence-electron chi connectivity index (χ0n) is 10.2. The van der Waals surface area contributed by atoms with Crippen LogP contribution in [0.5, 0.6) is 0 Å². The Hall–Kier alpha value is -1.68. The molecular weight excluding hydrogens is 228 g/mol. The van der Waals surface area contributed by atoms with Crippen molar-refractivity contribution in [3.05, 3.63) is 47.5 Å². The second-order valence-corrected chi connectivity index (χ2v) is 4.97. The predicted molar refractivity (Wildman–Crippen MR) is 68.6 cm³/mol. The summed E-state index contributed by atoms with van der Waals surface area (Å²) in [4.78, 5) is 2.08. The van der Waals surface area contributed by atoms with E-state index < -0.39 is 0 Å². The minimum atomic E-state index is 0.135. The fraction of sp³-hybridized carbons (Fsp3) is 0.429. The number of rotatable bonds is 3. The van der Waals surface area contributed by atoms with Crippen LogP contribution in [0.4, 0.5) is 0 Å². The first-order valence-corrected chi connectivity index (χ1v) is 6.38. The lowest BCUT2D eigenvalue weighted by molar-refractivity contribution is -0.0148. The van der Waals surface area contributed by atoms with Gasteiger partial charge in [-0.15, -0.1) is 0 Å². The van der Waals surface area contributed by atoms with Crippen molar-refractivity contribution in [2.24, 2.45) is 5.73 Å². The Bertz CT molecular complexity index is 458. The first-order chi connectivity index (χ1) is 8.75. The number of hydrogen-bond acceptors (Lipinski definition) is 4. The molecule has 0 radical (unpaired) electrons. The predicted octanol–water partition coefficient (Wildman–Crippen LogP) is 1.74. The molecule has 0 unspecified atom stereocenters. The number of fused-ring (bicyclic) bond motifs is 1. The molecule has 1 aromatic carbocycles. The molecule has 3 rings (SSSR count). The molecule has 0 aromatic heterocycles. The summed E-state index contributed by atoms with van der Waals surface area (Å²) >= 11 is 0. The molecule has 2 aliphatic rings. The van der Waals surface area contributed by atoms with Gasteiger partial charge < -0.3 is 20.5 Å². The first-order valence-electron chi connectivity index (χ1n) is 6.38. The topological polar surface area (TPSA) is 58.7 Å². The zero-order chi connectivity index (χ0) is 12.5. The summed E-state index contributed by atoms with van der Waals surface area (Å²) in [7, 11) is 0. The van der Waals surface area contributed by atoms with Crippen LogP contribution in [-0.2, 0) is 11.3 Å². The molecule has 1 saturated heterocycles. The Morgan fingerprint density at radius 1 is 1.28 bits per heavy atom. The summed E-state index contributed by atoms with van der Waals surface area (Å²) < 4.78 is 5.69. The minimum absolute atomic E-state index is 0.135. The van der Waals surface area contributed by atoms with Crippen LogP contribution in [0.15, 0.2) is 42.0 Å². The highest BCUT2D eigenvalue weighted by Crippen LogP contribution is 2.36. The van der Waals surface area contributed by atoms with Crippen molar-refractivity contribution in [1.29, 1.82) is 0 Å². The fourth-order valence-electron chi connectivity index (χ4n) is 2.61. The van der Waals surface area contributed by atoms with Crippen molar-refractivity contribution in [1.82, 2.24) is 4.90 Å². The number of nitrogens with zero attached hydrogens (tertiary/aromatic N) is 1. The van der Waals surface area contributed by atoms with Crippen LogP contribution in [0.2, 0.25) is 0 Å². The fourth-order valence-corrected chi connectivity index (χ4v) is 2.61. The van der Waals surface area contributed by atoms with Gasteiger partial charge in [-0.25, -0.2) is 0 Å². The highest BCUT2D eigenvalue weighted by molar-refractivity contribution is 5.23. The summed E-state index contributed by atoms with van der Waals surface area (Å²) in [6.45, 7) is 1.26. The molecule has 96 valence electrons. The summed E-state index contributed by atoms with van der Waals surface area (Å²) in [6.07, 6.45) is 1.89. The van der Waals surface area contributed by atoms with Crippen LogP contribution in [0.25, 0.3) is 0 Å². The summed E-state index contributed by atoms with van der Waals surface area (Å²) in [5.74, 6) is 0.997. The van der Waals surface area contributed by atoms with Gasteiger partial charge >= 0.3 is 0 Å². The molecule has 0 saturated carbocycles. The van der Waals surface area contributed by atoms with Crippen molar-refractivity contribution in [3.63, 3.8) is 0 Å². The molecule has 1 aromatic rings. The van der Waals surface area contributed by atoms with Gasteiger partial charge in [0.1, 0.15) is 6.61 Å². The molecule has 0 bridgehead atoms. The molecule has 4 nitrogen and oxygen atoms in total. The monoisotopic (exact) mass is 246 g/mol. The van der Waals surface area contributed by atoms with E-state index in [9.17, 15) is 5.11 Å². The number of aliphatic hydroxyl groups excluding tert-OH is 1. The molecule has 0 spiro atoms. The van der Waals surface area contributed by atoms with Crippen LogP contribution >= 0.6 is 0 Å². The maximum atomic E-state index is 9.94. The van der Waals surface area contributed by atoms with Crippen molar-refractivity contribution in [3.8, 4) is 0 Å². The average Bonchev–Trinajstić information content (AvgIpc) is 2.40. The number of benzene rings is 1. The van der Waals surface area contributed by atoms with Crippen molar-refractivity contribution in [2.75, 3.05) is 6.54 Å². The van der Waals surface area contributed by atoms with E-state index in [1.54, 1.807) is 0 Å². The van der Waals surface area contributed by atoms with Crippen molar-refractivity contribution >= 4 is 0 Å². The third kappa shape index (κ3) is 1.93. The highest BCUT2D eigenvalue weighted by Gasteiger charge is 2.42. The Balaban J connectivity index is 1.65. The smallest absolute Gasteiger partial charge is 0.231 e. The number of aliphatic hydroxyl groups is 1. The van der Waals surface area contributed by atoms with E-state index in [4.69, 9.17) is 10.5 Å². The second kappa shape index (κ2) is 4.53. The molecule has 2 aliphatic heterocycles. The van der Waals surface area contributed by atoms with Gasteiger partial charge in [0, 0.05) is 12.6 Å². The van der Waals surface area contributed by atoms with Crippen LogP contribution in [-0.4, -0.2) is 28.6 Å². The van der Waals surface area contributed by atoms with Gasteiger partial charge in [-0.1, -0.05) is 30.3 Å². The van der Waals surface area contributed by atoms with Crippen LogP contribution in [0, 0.1) is 0 Å². The average molecular weight is 246 g/mol. The molecular formula is C14H18N2O2. The van der Waals surface area contributed by atoms with E-state index in [-0.39, 0.29) is 12.1 Å². The highest BCUT2D eigenvalue weighted by atomic mass is 16.5. The van der Waals surface area contributed by atoms with E-state index in [1.807, 2.05) is 30.3 Å². The molecule has 0 amide bonds. The number of hydrogen-bond donors (Lipinski definition) is 2. The Labute approximate surface area is 107 Å². The Morgan fingerprint density at radius 3 is 2.83 bits per heavy atom. The van der Waals surface area contributed by atoms with Crippen LogP contribution in [0.1, 0.15) is 18.4 Å². The van der Waals surface area contributed by atoms with Gasteiger partial charge in [0.2, 0.25) is 5.88 Å². The van der Waals surface area contributed by atoms with Gasteiger partial charge in [0.15, 0.2) is 5.76 Å². The SMILES string of the molecule is N[C@@H]1CC[C@H]2C(O)=C(OCc3ccccc3)N2C1. The maximum Gasteiger partial charge on any atom is 0.231 e. The van der Waals surface area contributed by atoms with Gasteiger partial charge in [-0.3, -0.25) is 0 Å². The van der Waals surface area contributed by atoms with Crippen LogP contribution < -0.4 is 5.73 Å². The summed E-state index contributed by atoms with van der Waals surface area (Å²) in [5, 5.41) is 9.94. The lowest BCUT2D eigenvalue weighted by Crippen LogP contribution is -2.55. The lowest BCUT2D eigenvalue weighted by atomic mass is 9.92. The van der Waals surface area contributed by atoms with E-state index in [2.05, 4.69) is 4.90 Å². The standard InChI is InChI=1S/C14H18N2O2/c15-11-6-7-12-13(17)14(16(12)8-11)18-9-10-4-2-1-3-5-10/h1-5,11-12,17H,6-9,15H2/t11-,12+/m1/s1. The van der Waals surface area contributed by atoms with Gasteiger partial charge in [0.05, 0.1) is 6.04 Å². The van der Waals surface area contributed by atoms with Crippen LogP contribution in [0.3, 0.4) is 0 Å². The molecule has 1 fully saturated rings. The Morgan fingerprint density at radius 2 is 2.06 bits per heavy atom. The molecule has 18 heavy (non-hydrogen) atoms. The van der Waals surface area contributed by atoms with E-state index >= 15 is 0 Å². The maximum absolute atomic E-state index is 9.94. The molecule has 2 heterocycles. The normalized spacial score (nSPS) is 26.6. The molecule has 3 N–H and O–H groups in total.